The van der Waals surface area contributed by atoms with Crippen molar-refractivity contribution in [2.24, 2.45) is 0 Å². The molecule has 1 aromatic carbocycles. The van der Waals surface area contributed by atoms with Crippen molar-refractivity contribution >= 4 is 17.3 Å². The summed E-state index contributed by atoms with van der Waals surface area (Å²) in [5, 5.41) is 9.53. The molecule has 0 aromatic heterocycles. The number of likely N-dealkylation sites (N-methyl/N-ethyl adjacent to an activating group) is 2. The zero-order valence-corrected chi connectivity index (χ0v) is 14.4. The number of amides is 1. The number of hydrogen-bond donors (Lipinski definition) is 3. The molecule has 7 nitrogen and oxygen atoms in total. The number of anilines is 1. The highest BCUT2D eigenvalue weighted by atomic mass is 16.5. The minimum atomic E-state index is -0.853. The molecule has 0 bridgehead atoms. The van der Waals surface area contributed by atoms with Gasteiger partial charge in [0, 0.05) is 31.8 Å². The third-order valence-corrected chi connectivity index (χ3v) is 4.07. The fraction of sp³-hybridized carbons (Fsp3) is 0.438. The minimum absolute atomic E-state index is 0.114. The van der Waals surface area contributed by atoms with Gasteiger partial charge in [-0.05, 0) is 20.2 Å². The maximum Gasteiger partial charge on any atom is 0.226 e. The zero-order chi connectivity index (χ0) is 17.2. The minimum Gasteiger partial charge on any atom is -0.497 e. The standard InChI is InChI=1S/C16H24N4O3/c1-10(21)20-13-7-11(22-5)8-14(23-6)15(13)12(17-2)9-16(20,18-3)19-4/h7-9,17-19H,1-6H3. The topological polar surface area (TPSA) is 74.9 Å². The van der Waals surface area contributed by atoms with E-state index >= 15 is 0 Å². The normalized spacial score (nSPS) is 15.6. The molecule has 1 heterocycles. The second-order valence-electron chi connectivity index (χ2n) is 5.15. The maximum atomic E-state index is 12.4. The van der Waals surface area contributed by atoms with E-state index in [4.69, 9.17) is 9.47 Å². The molecule has 126 valence electrons. The number of carbonyl (C=O) groups excluding carboxylic acids is 1. The average molecular weight is 320 g/mol. The van der Waals surface area contributed by atoms with E-state index in [1.165, 1.54) is 6.92 Å². The van der Waals surface area contributed by atoms with Crippen molar-refractivity contribution in [1.29, 1.82) is 0 Å². The highest BCUT2D eigenvalue weighted by Crippen LogP contribution is 2.43. The number of ether oxygens (including phenoxy) is 2. The van der Waals surface area contributed by atoms with Crippen molar-refractivity contribution in [3.63, 3.8) is 0 Å². The van der Waals surface area contributed by atoms with Gasteiger partial charge in [-0.2, -0.15) is 0 Å². The van der Waals surface area contributed by atoms with Gasteiger partial charge in [0.25, 0.3) is 0 Å². The van der Waals surface area contributed by atoms with Crippen molar-refractivity contribution in [3.8, 4) is 11.5 Å². The van der Waals surface area contributed by atoms with Gasteiger partial charge in [-0.25, -0.2) is 0 Å². The maximum absolute atomic E-state index is 12.4. The Kier molecular flexibility index (Phi) is 4.82. The van der Waals surface area contributed by atoms with E-state index in [1.807, 2.05) is 19.2 Å². The van der Waals surface area contributed by atoms with Crippen molar-refractivity contribution in [2.75, 3.05) is 40.3 Å². The smallest absolute Gasteiger partial charge is 0.226 e. The largest absolute Gasteiger partial charge is 0.497 e. The van der Waals surface area contributed by atoms with Gasteiger partial charge in [0.15, 0.2) is 5.79 Å². The summed E-state index contributed by atoms with van der Waals surface area (Å²) in [6.07, 6.45) is 1.92. The van der Waals surface area contributed by atoms with Gasteiger partial charge >= 0.3 is 0 Å². The van der Waals surface area contributed by atoms with Crippen LogP contribution < -0.4 is 30.3 Å². The van der Waals surface area contributed by atoms with Crippen molar-refractivity contribution in [1.82, 2.24) is 16.0 Å². The summed E-state index contributed by atoms with van der Waals surface area (Å²) in [6, 6.07) is 3.63. The van der Waals surface area contributed by atoms with Crippen molar-refractivity contribution in [2.45, 2.75) is 12.7 Å². The van der Waals surface area contributed by atoms with Crippen molar-refractivity contribution < 1.29 is 14.3 Å². The summed E-state index contributed by atoms with van der Waals surface area (Å²) in [5.41, 5.74) is 2.36. The van der Waals surface area contributed by atoms with E-state index in [2.05, 4.69) is 16.0 Å². The lowest BCUT2D eigenvalue weighted by molar-refractivity contribution is -0.117. The first-order chi connectivity index (χ1) is 11.0. The second kappa shape index (κ2) is 6.47. The Morgan fingerprint density at radius 3 is 2.22 bits per heavy atom. The number of methoxy groups -OCH3 is 2. The van der Waals surface area contributed by atoms with Crippen LogP contribution in [0.1, 0.15) is 12.5 Å². The summed E-state index contributed by atoms with van der Waals surface area (Å²) >= 11 is 0. The highest BCUT2D eigenvalue weighted by Gasteiger charge is 2.41. The van der Waals surface area contributed by atoms with E-state index in [-0.39, 0.29) is 5.91 Å². The van der Waals surface area contributed by atoms with Crippen LogP contribution in [-0.4, -0.2) is 47.1 Å². The van der Waals surface area contributed by atoms with Gasteiger partial charge in [-0.1, -0.05) is 0 Å². The third kappa shape index (κ3) is 2.62. The summed E-state index contributed by atoms with van der Waals surface area (Å²) < 4.78 is 10.9. The average Bonchev–Trinajstić information content (AvgIpc) is 2.58. The Morgan fingerprint density at radius 2 is 1.78 bits per heavy atom. The van der Waals surface area contributed by atoms with Gasteiger partial charge in [0.2, 0.25) is 5.91 Å². The van der Waals surface area contributed by atoms with Crippen molar-refractivity contribution in [3.05, 3.63) is 23.8 Å². The molecule has 7 heteroatoms. The Morgan fingerprint density at radius 1 is 1.13 bits per heavy atom. The number of benzene rings is 1. The molecular formula is C16H24N4O3. The molecule has 0 fully saturated rings. The Hall–Kier alpha value is -2.25. The molecule has 23 heavy (non-hydrogen) atoms. The molecule has 0 saturated heterocycles. The van der Waals surface area contributed by atoms with Crippen LogP contribution >= 0.6 is 0 Å². The summed E-state index contributed by atoms with van der Waals surface area (Å²) in [6.45, 7) is 1.53. The van der Waals surface area contributed by atoms with Gasteiger partial charge in [0.1, 0.15) is 11.5 Å². The number of fused-ring (bicyclic) bond motifs is 1. The predicted octanol–water partition coefficient (Wildman–Crippen LogP) is 0.723. The van der Waals surface area contributed by atoms with Gasteiger partial charge in [-0.3, -0.25) is 20.3 Å². The number of carbonyl (C=O) groups is 1. The lowest BCUT2D eigenvalue weighted by atomic mass is 9.98. The number of rotatable bonds is 5. The quantitative estimate of drug-likeness (QED) is 0.694. The van der Waals surface area contributed by atoms with Gasteiger partial charge < -0.3 is 14.8 Å². The molecule has 0 saturated carbocycles. The van der Waals surface area contributed by atoms with E-state index in [1.54, 1.807) is 39.3 Å². The number of nitrogens with zero attached hydrogens (tertiary/aromatic N) is 1. The third-order valence-electron chi connectivity index (χ3n) is 4.07. The van der Waals surface area contributed by atoms with E-state index in [0.717, 1.165) is 11.3 Å². The number of nitrogens with one attached hydrogen (secondary N) is 3. The molecule has 1 aromatic rings. The van der Waals surface area contributed by atoms with Crippen LogP contribution in [0.2, 0.25) is 0 Å². The predicted molar refractivity (Wildman–Crippen MR) is 90.6 cm³/mol. The van der Waals surface area contributed by atoms with Crippen LogP contribution in [0.15, 0.2) is 18.2 Å². The molecule has 3 N–H and O–H groups in total. The molecular weight excluding hydrogens is 296 g/mol. The molecule has 1 aliphatic heterocycles. The van der Waals surface area contributed by atoms with Gasteiger partial charge in [0.05, 0.1) is 25.5 Å². The molecule has 0 spiro atoms. The van der Waals surface area contributed by atoms with Gasteiger partial charge in [-0.15, -0.1) is 0 Å². The van der Waals surface area contributed by atoms with Crippen LogP contribution in [0.3, 0.4) is 0 Å². The summed E-state index contributed by atoms with van der Waals surface area (Å²) in [5.74, 6) is 0.281. The van der Waals surface area contributed by atoms with Crippen LogP contribution in [0.4, 0.5) is 5.69 Å². The first-order valence-corrected chi connectivity index (χ1v) is 7.33. The first-order valence-electron chi connectivity index (χ1n) is 7.33. The fourth-order valence-electron chi connectivity index (χ4n) is 2.95. The Bertz CT molecular complexity index is 638. The second-order valence-corrected chi connectivity index (χ2v) is 5.15. The summed E-state index contributed by atoms with van der Waals surface area (Å²) in [4.78, 5) is 14.1. The molecule has 2 rings (SSSR count). The molecule has 0 radical (unpaired) electrons. The molecule has 1 amide bonds. The lowest BCUT2D eigenvalue weighted by Crippen LogP contribution is -2.67. The zero-order valence-electron chi connectivity index (χ0n) is 14.4. The first kappa shape index (κ1) is 17.1. The summed E-state index contributed by atoms with van der Waals surface area (Å²) in [7, 11) is 8.59. The van der Waals surface area contributed by atoms with Crippen LogP contribution in [0, 0.1) is 0 Å². The van der Waals surface area contributed by atoms with Crippen LogP contribution in [0.5, 0.6) is 11.5 Å². The molecule has 1 aliphatic rings. The lowest BCUT2D eigenvalue weighted by Gasteiger charge is -2.45. The monoisotopic (exact) mass is 320 g/mol. The van der Waals surface area contributed by atoms with Crippen LogP contribution in [0.25, 0.3) is 5.70 Å². The van der Waals surface area contributed by atoms with E-state index in [0.29, 0.717) is 17.2 Å². The Balaban J connectivity index is 2.84. The molecule has 0 atom stereocenters. The number of hydrogen-bond acceptors (Lipinski definition) is 6. The van der Waals surface area contributed by atoms with E-state index in [9.17, 15) is 4.79 Å². The molecule has 0 unspecified atom stereocenters. The fourth-order valence-corrected chi connectivity index (χ4v) is 2.95. The highest BCUT2D eigenvalue weighted by molar-refractivity contribution is 6.00. The van der Waals surface area contributed by atoms with Crippen LogP contribution in [-0.2, 0) is 4.79 Å². The van der Waals surface area contributed by atoms with E-state index < -0.39 is 5.79 Å². The SMILES string of the molecule is CNC1=CC(NC)(NC)N(C(C)=O)c2cc(OC)cc(OC)c21. The Labute approximate surface area is 136 Å². The molecule has 0 aliphatic carbocycles.